The van der Waals surface area contributed by atoms with E-state index in [9.17, 15) is 9.59 Å². The Hall–Kier alpha value is -1.34. The van der Waals surface area contributed by atoms with E-state index < -0.39 is 24.1 Å². The van der Waals surface area contributed by atoms with Crippen molar-refractivity contribution in [2.24, 2.45) is 0 Å². The third-order valence-electron chi connectivity index (χ3n) is 1.92. The van der Waals surface area contributed by atoms with Crippen molar-refractivity contribution in [2.45, 2.75) is 25.5 Å². The van der Waals surface area contributed by atoms with Crippen LogP contribution in [0.25, 0.3) is 0 Å². The Bertz CT molecular complexity index is 233. The van der Waals surface area contributed by atoms with Crippen molar-refractivity contribution in [2.75, 3.05) is 20.1 Å². The maximum absolute atomic E-state index is 11.2. The summed E-state index contributed by atoms with van der Waals surface area (Å²) in [6, 6.07) is -1.88. The molecule has 2 unspecified atom stereocenters. The Morgan fingerprint density at radius 2 is 1.94 bits per heavy atom. The summed E-state index contributed by atoms with van der Waals surface area (Å²) in [4.78, 5) is 21.8. The fourth-order valence-electron chi connectivity index (χ4n) is 1.05. The van der Waals surface area contributed by atoms with Gasteiger partial charge in [-0.3, -0.25) is 0 Å². The van der Waals surface area contributed by atoms with Crippen LogP contribution in [0.15, 0.2) is 0 Å². The van der Waals surface area contributed by atoms with E-state index in [0.717, 1.165) is 13.0 Å². The van der Waals surface area contributed by atoms with Gasteiger partial charge < -0.3 is 26.2 Å². The van der Waals surface area contributed by atoms with Gasteiger partial charge in [0.15, 0.2) is 6.04 Å². The van der Waals surface area contributed by atoms with Crippen LogP contribution in [0.5, 0.6) is 0 Å². The lowest BCUT2D eigenvalue weighted by atomic mass is 10.2. The molecular formula is C9H19N3O4. The third kappa shape index (κ3) is 6.20. The van der Waals surface area contributed by atoms with Gasteiger partial charge in [0.05, 0.1) is 6.10 Å². The van der Waals surface area contributed by atoms with Gasteiger partial charge >= 0.3 is 12.0 Å². The first-order valence-corrected chi connectivity index (χ1v) is 5.09. The number of hydrogen-bond donors (Lipinski definition) is 5. The van der Waals surface area contributed by atoms with E-state index in [1.807, 2.05) is 0 Å². The number of carboxylic acid groups (broad SMARTS) is 1. The van der Waals surface area contributed by atoms with Crippen LogP contribution in [0.2, 0.25) is 0 Å². The lowest BCUT2D eigenvalue weighted by molar-refractivity contribution is -0.141. The topological polar surface area (TPSA) is 111 Å². The number of aliphatic hydroxyl groups excluding tert-OH is 1. The summed E-state index contributed by atoms with van der Waals surface area (Å²) in [7, 11) is 1.80. The fourth-order valence-corrected chi connectivity index (χ4v) is 1.05. The summed E-state index contributed by atoms with van der Waals surface area (Å²) in [6.45, 7) is 2.51. The normalized spacial score (nSPS) is 13.9. The molecule has 0 rings (SSSR count). The van der Waals surface area contributed by atoms with Crippen molar-refractivity contribution >= 4 is 12.0 Å². The number of carboxylic acids is 1. The molecule has 0 saturated carbocycles. The highest BCUT2D eigenvalue weighted by Gasteiger charge is 2.24. The van der Waals surface area contributed by atoms with Crippen LogP contribution < -0.4 is 16.0 Å². The van der Waals surface area contributed by atoms with E-state index in [4.69, 9.17) is 10.2 Å². The highest BCUT2D eigenvalue weighted by atomic mass is 16.4. The SMILES string of the molecule is CNCCCNC(=O)NC(C(=O)O)C(C)O. The molecule has 0 aromatic carbocycles. The van der Waals surface area contributed by atoms with Gasteiger partial charge in [-0.2, -0.15) is 0 Å². The number of amides is 2. The Kier molecular flexibility index (Phi) is 7.23. The summed E-state index contributed by atoms with van der Waals surface area (Å²) < 4.78 is 0. The first-order chi connectivity index (χ1) is 7.49. The average molecular weight is 233 g/mol. The molecule has 0 aliphatic heterocycles. The van der Waals surface area contributed by atoms with Crippen molar-refractivity contribution in [1.29, 1.82) is 0 Å². The number of carbonyl (C=O) groups is 2. The molecule has 5 N–H and O–H groups in total. The van der Waals surface area contributed by atoms with Gasteiger partial charge in [0.25, 0.3) is 0 Å². The van der Waals surface area contributed by atoms with Gasteiger partial charge in [0, 0.05) is 6.54 Å². The smallest absolute Gasteiger partial charge is 0.328 e. The maximum Gasteiger partial charge on any atom is 0.328 e. The maximum atomic E-state index is 11.2. The molecule has 16 heavy (non-hydrogen) atoms. The van der Waals surface area contributed by atoms with E-state index in [1.54, 1.807) is 7.05 Å². The molecule has 0 bridgehead atoms. The minimum atomic E-state index is -1.29. The van der Waals surface area contributed by atoms with Gasteiger partial charge in [-0.25, -0.2) is 9.59 Å². The molecule has 2 atom stereocenters. The van der Waals surface area contributed by atoms with Gasteiger partial charge in [0.2, 0.25) is 0 Å². The van der Waals surface area contributed by atoms with E-state index >= 15 is 0 Å². The Morgan fingerprint density at radius 3 is 2.38 bits per heavy atom. The predicted molar refractivity (Wildman–Crippen MR) is 58.2 cm³/mol. The third-order valence-corrected chi connectivity index (χ3v) is 1.92. The molecule has 7 heteroatoms. The standard InChI is InChI=1S/C9H19N3O4/c1-6(13)7(8(14)15)12-9(16)11-5-3-4-10-2/h6-7,10,13H,3-5H2,1-2H3,(H,14,15)(H2,11,12,16). The number of aliphatic hydroxyl groups is 1. The zero-order valence-corrected chi connectivity index (χ0v) is 9.49. The second-order valence-corrected chi connectivity index (χ2v) is 3.41. The molecule has 94 valence electrons. The Labute approximate surface area is 94.2 Å². The Balaban J connectivity index is 3.87. The minimum Gasteiger partial charge on any atom is -0.480 e. The number of urea groups is 1. The van der Waals surface area contributed by atoms with Crippen LogP contribution in [-0.2, 0) is 4.79 Å². The second kappa shape index (κ2) is 7.89. The minimum absolute atomic E-state index is 0.443. The molecule has 0 aromatic rings. The van der Waals surface area contributed by atoms with E-state index in [2.05, 4.69) is 16.0 Å². The van der Waals surface area contributed by atoms with E-state index in [0.29, 0.717) is 6.54 Å². The van der Waals surface area contributed by atoms with Gasteiger partial charge in [0.1, 0.15) is 0 Å². The molecule has 0 spiro atoms. The lowest BCUT2D eigenvalue weighted by Crippen LogP contribution is -2.51. The van der Waals surface area contributed by atoms with Crippen LogP contribution in [0, 0.1) is 0 Å². The molecule has 0 aliphatic carbocycles. The van der Waals surface area contributed by atoms with Crippen molar-refractivity contribution < 1.29 is 19.8 Å². The monoisotopic (exact) mass is 233 g/mol. The van der Waals surface area contributed by atoms with Crippen LogP contribution >= 0.6 is 0 Å². The van der Waals surface area contributed by atoms with Crippen molar-refractivity contribution in [3.05, 3.63) is 0 Å². The molecular weight excluding hydrogens is 214 g/mol. The van der Waals surface area contributed by atoms with Gasteiger partial charge in [-0.1, -0.05) is 0 Å². The highest BCUT2D eigenvalue weighted by Crippen LogP contribution is 1.92. The summed E-state index contributed by atoms with van der Waals surface area (Å²) in [6.07, 6.45) is -0.392. The molecule has 2 amide bonds. The van der Waals surface area contributed by atoms with E-state index in [1.165, 1.54) is 6.92 Å². The van der Waals surface area contributed by atoms with Crippen LogP contribution in [-0.4, -0.2) is 54.5 Å². The van der Waals surface area contributed by atoms with Crippen molar-refractivity contribution in [3.63, 3.8) is 0 Å². The summed E-state index contributed by atoms with van der Waals surface area (Å²) >= 11 is 0. The second-order valence-electron chi connectivity index (χ2n) is 3.41. The molecule has 0 saturated heterocycles. The highest BCUT2D eigenvalue weighted by molar-refractivity contribution is 5.82. The zero-order chi connectivity index (χ0) is 12.6. The predicted octanol–water partition coefficient (Wildman–Crippen LogP) is -1.27. The van der Waals surface area contributed by atoms with Gasteiger partial charge in [-0.15, -0.1) is 0 Å². The summed E-state index contributed by atoms with van der Waals surface area (Å²) in [5, 5.41) is 25.4. The molecule has 0 aromatic heterocycles. The average Bonchev–Trinajstić information content (AvgIpc) is 2.20. The molecule has 0 aliphatic rings. The Morgan fingerprint density at radius 1 is 1.31 bits per heavy atom. The molecule has 0 radical (unpaired) electrons. The van der Waals surface area contributed by atoms with Crippen LogP contribution in [0.4, 0.5) is 4.79 Å². The quantitative estimate of drug-likeness (QED) is 0.352. The number of aliphatic carboxylic acids is 1. The number of hydrogen-bond acceptors (Lipinski definition) is 4. The largest absolute Gasteiger partial charge is 0.480 e. The molecule has 0 fully saturated rings. The number of carbonyl (C=O) groups excluding carboxylic acids is 1. The summed E-state index contributed by atoms with van der Waals surface area (Å²) in [5.41, 5.74) is 0. The van der Waals surface area contributed by atoms with Gasteiger partial charge in [-0.05, 0) is 26.9 Å². The summed E-state index contributed by atoms with van der Waals surface area (Å²) in [5.74, 6) is -1.26. The van der Waals surface area contributed by atoms with Crippen LogP contribution in [0.3, 0.4) is 0 Å². The number of rotatable bonds is 7. The molecule has 7 nitrogen and oxygen atoms in total. The first-order valence-electron chi connectivity index (χ1n) is 5.09. The van der Waals surface area contributed by atoms with E-state index in [-0.39, 0.29) is 0 Å². The molecule has 0 heterocycles. The lowest BCUT2D eigenvalue weighted by Gasteiger charge is -2.17. The fraction of sp³-hybridized carbons (Fsp3) is 0.778. The van der Waals surface area contributed by atoms with Crippen LogP contribution in [0.1, 0.15) is 13.3 Å². The van der Waals surface area contributed by atoms with Crippen molar-refractivity contribution in [1.82, 2.24) is 16.0 Å². The first kappa shape index (κ1) is 14.7. The number of nitrogens with one attached hydrogen (secondary N) is 3. The zero-order valence-electron chi connectivity index (χ0n) is 9.49. The van der Waals surface area contributed by atoms with Crippen molar-refractivity contribution in [3.8, 4) is 0 Å².